The number of nitrogens with two attached hydrogens (primary N) is 1. The van der Waals surface area contributed by atoms with Crippen LogP contribution in [0.1, 0.15) is 17.9 Å². The Kier molecular flexibility index (Phi) is 7.79. The zero-order valence-corrected chi connectivity index (χ0v) is 18.1. The van der Waals surface area contributed by atoms with Gasteiger partial charge in [0.15, 0.2) is 6.79 Å². The predicted molar refractivity (Wildman–Crippen MR) is 109 cm³/mol. The van der Waals surface area contributed by atoms with E-state index in [0.717, 1.165) is 24.6 Å². The lowest BCUT2D eigenvalue weighted by atomic mass is 9.80. The maximum atomic E-state index is 11.9. The maximum Gasteiger partial charge on any atom is 0.222 e. The summed E-state index contributed by atoms with van der Waals surface area (Å²) in [7, 11) is -1.14. The molecule has 0 spiro atoms. The number of piperidine rings is 1. The van der Waals surface area contributed by atoms with Gasteiger partial charge in [-0.15, -0.1) is 0 Å². The molecule has 1 saturated heterocycles. The van der Waals surface area contributed by atoms with Crippen molar-refractivity contribution in [1.82, 2.24) is 5.32 Å². The minimum absolute atomic E-state index is 0.0551. The first-order valence-electron chi connectivity index (χ1n) is 8.88. The van der Waals surface area contributed by atoms with Crippen molar-refractivity contribution >= 4 is 37.2 Å². The van der Waals surface area contributed by atoms with Crippen molar-refractivity contribution in [3.8, 4) is 5.75 Å². The van der Waals surface area contributed by atoms with Crippen molar-refractivity contribution in [3.63, 3.8) is 0 Å². The number of carbonyl (C=O) groups is 1. The van der Waals surface area contributed by atoms with Crippen molar-refractivity contribution in [1.29, 1.82) is 0 Å². The third kappa shape index (κ3) is 6.13. The number of hydrogen-bond donors (Lipinski definition) is 2. The second kappa shape index (κ2) is 9.42. The lowest BCUT2D eigenvalue weighted by Gasteiger charge is -2.31. The number of hydrogen-bond acceptors (Lipinski definition) is 4. The third-order valence-corrected chi connectivity index (χ3v) is 7.02. The molecule has 0 bridgehead atoms. The molecule has 1 amide bonds. The second-order valence-corrected chi connectivity index (χ2v) is 14.3. The highest BCUT2D eigenvalue weighted by atomic mass is 35.5. The monoisotopic (exact) mass is 418 g/mol. The van der Waals surface area contributed by atoms with Crippen LogP contribution in [0.2, 0.25) is 35.7 Å². The summed E-state index contributed by atoms with van der Waals surface area (Å²) >= 11 is 12.4. The van der Waals surface area contributed by atoms with Crippen LogP contribution in [0.25, 0.3) is 0 Å². The van der Waals surface area contributed by atoms with Gasteiger partial charge >= 0.3 is 0 Å². The second-order valence-electron chi connectivity index (χ2n) is 7.89. The van der Waals surface area contributed by atoms with Crippen molar-refractivity contribution in [2.45, 2.75) is 38.0 Å². The molecule has 1 heterocycles. The minimum atomic E-state index is -1.14. The van der Waals surface area contributed by atoms with Crippen LogP contribution in [0, 0.1) is 5.92 Å². The molecule has 0 aliphatic carbocycles. The smallest absolute Gasteiger partial charge is 0.222 e. The largest absolute Gasteiger partial charge is 0.467 e. The molecule has 1 aromatic carbocycles. The van der Waals surface area contributed by atoms with Gasteiger partial charge < -0.3 is 20.5 Å². The van der Waals surface area contributed by atoms with Gasteiger partial charge in [0, 0.05) is 33.2 Å². The molecule has 2 unspecified atom stereocenters. The fourth-order valence-corrected chi connectivity index (χ4v) is 4.11. The number of ether oxygens (including phenoxy) is 2. The Balaban J connectivity index is 2.12. The number of rotatable bonds is 8. The van der Waals surface area contributed by atoms with Crippen LogP contribution in [0.3, 0.4) is 0 Å². The molecule has 146 valence electrons. The molecule has 0 saturated carbocycles. The summed E-state index contributed by atoms with van der Waals surface area (Å²) in [4.78, 5) is 11.9. The first-order valence-corrected chi connectivity index (χ1v) is 13.3. The van der Waals surface area contributed by atoms with Crippen molar-refractivity contribution in [3.05, 3.63) is 27.7 Å². The number of primary amides is 1. The van der Waals surface area contributed by atoms with E-state index in [2.05, 4.69) is 25.0 Å². The van der Waals surface area contributed by atoms with E-state index >= 15 is 0 Å². The molecule has 1 aliphatic rings. The number of benzene rings is 1. The van der Waals surface area contributed by atoms with Gasteiger partial charge in [-0.05, 0) is 30.6 Å². The van der Waals surface area contributed by atoms with E-state index in [4.69, 9.17) is 38.4 Å². The highest BCUT2D eigenvalue weighted by Crippen LogP contribution is 2.40. The normalized spacial score (nSPS) is 20.8. The SMILES string of the molecule is C[Si](C)(C)CCOCOc1cc(Cl)c(Cl)cc1C1CCNCC1C(N)=O. The first kappa shape index (κ1) is 21.5. The Morgan fingerprint density at radius 1 is 1.31 bits per heavy atom. The number of carbonyl (C=O) groups excluding carboxylic acids is 1. The summed E-state index contributed by atoms with van der Waals surface area (Å²) in [5.41, 5.74) is 6.45. The Hall–Kier alpha value is -0.793. The molecular formula is C18H28Cl2N2O3Si. The van der Waals surface area contributed by atoms with E-state index in [-0.39, 0.29) is 24.5 Å². The summed E-state index contributed by atoms with van der Waals surface area (Å²) < 4.78 is 11.5. The third-order valence-electron chi connectivity index (χ3n) is 4.59. The molecule has 26 heavy (non-hydrogen) atoms. The van der Waals surface area contributed by atoms with Gasteiger partial charge in [0.1, 0.15) is 5.75 Å². The summed E-state index contributed by atoms with van der Waals surface area (Å²) in [6.45, 7) is 9.07. The zero-order chi connectivity index (χ0) is 19.3. The quantitative estimate of drug-likeness (QED) is 0.381. The molecule has 2 rings (SSSR count). The predicted octanol–water partition coefficient (Wildman–Crippen LogP) is 3.86. The zero-order valence-electron chi connectivity index (χ0n) is 15.6. The first-order chi connectivity index (χ1) is 12.2. The van der Waals surface area contributed by atoms with Crippen LogP contribution in [-0.2, 0) is 9.53 Å². The lowest BCUT2D eigenvalue weighted by molar-refractivity contribution is -0.122. The Labute approximate surface area is 166 Å². The van der Waals surface area contributed by atoms with Gasteiger partial charge in [-0.3, -0.25) is 4.79 Å². The van der Waals surface area contributed by atoms with E-state index in [9.17, 15) is 4.79 Å². The van der Waals surface area contributed by atoms with Crippen LogP contribution in [0.5, 0.6) is 5.75 Å². The Bertz CT molecular complexity index is 638. The lowest BCUT2D eigenvalue weighted by Crippen LogP contribution is -2.42. The van der Waals surface area contributed by atoms with Gasteiger partial charge in [-0.1, -0.05) is 42.8 Å². The summed E-state index contributed by atoms with van der Waals surface area (Å²) in [6, 6.07) is 4.55. The molecule has 5 nitrogen and oxygen atoms in total. The minimum Gasteiger partial charge on any atom is -0.467 e. The molecule has 0 radical (unpaired) electrons. The van der Waals surface area contributed by atoms with Crippen molar-refractivity contribution in [2.24, 2.45) is 11.7 Å². The Morgan fingerprint density at radius 3 is 2.65 bits per heavy atom. The fraction of sp³-hybridized carbons (Fsp3) is 0.611. The van der Waals surface area contributed by atoms with Crippen LogP contribution in [0.15, 0.2) is 12.1 Å². The van der Waals surface area contributed by atoms with E-state index in [1.165, 1.54) is 0 Å². The van der Waals surface area contributed by atoms with Crippen LogP contribution in [-0.4, -0.2) is 40.5 Å². The van der Waals surface area contributed by atoms with Crippen molar-refractivity contribution < 1.29 is 14.3 Å². The van der Waals surface area contributed by atoms with Gasteiger partial charge in [0.2, 0.25) is 5.91 Å². The number of halogens is 2. The molecule has 8 heteroatoms. The van der Waals surface area contributed by atoms with Crippen molar-refractivity contribution in [2.75, 3.05) is 26.5 Å². The molecule has 2 atom stereocenters. The highest BCUT2D eigenvalue weighted by molar-refractivity contribution is 6.76. The van der Waals surface area contributed by atoms with E-state index in [1.54, 1.807) is 12.1 Å². The average molecular weight is 419 g/mol. The number of amides is 1. The standard InChI is InChI=1S/C18H28Cl2N2O3Si/c1-26(2,3)7-6-24-11-25-17-9-16(20)15(19)8-13(17)12-4-5-22-10-14(12)18(21)23/h8-9,12,14,22H,4-7,10-11H2,1-3H3,(H2,21,23). The van der Waals surface area contributed by atoms with Gasteiger partial charge in [0.05, 0.1) is 16.0 Å². The fourth-order valence-electron chi connectivity index (χ4n) is 3.03. The number of nitrogens with one attached hydrogen (secondary N) is 1. The van der Waals surface area contributed by atoms with Crippen LogP contribution < -0.4 is 15.8 Å². The Morgan fingerprint density at radius 2 is 2.00 bits per heavy atom. The van der Waals surface area contributed by atoms with Gasteiger partial charge in [-0.25, -0.2) is 0 Å². The molecular weight excluding hydrogens is 391 g/mol. The molecule has 1 aromatic rings. The van der Waals surface area contributed by atoms with Gasteiger partial charge in [-0.2, -0.15) is 0 Å². The molecule has 1 fully saturated rings. The van der Waals surface area contributed by atoms with E-state index in [1.807, 2.05) is 0 Å². The van der Waals surface area contributed by atoms with E-state index in [0.29, 0.717) is 28.9 Å². The average Bonchev–Trinajstić information content (AvgIpc) is 2.56. The summed E-state index contributed by atoms with van der Waals surface area (Å²) in [5, 5.41) is 4.07. The maximum absolute atomic E-state index is 11.9. The van der Waals surface area contributed by atoms with Crippen LogP contribution in [0.4, 0.5) is 0 Å². The molecule has 1 aliphatic heterocycles. The highest BCUT2D eigenvalue weighted by Gasteiger charge is 2.33. The molecule has 3 N–H and O–H groups in total. The van der Waals surface area contributed by atoms with Gasteiger partial charge in [0.25, 0.3) is 0 Å². The summed E-state index contributed by atoms with van der Waals surface area (Å²) in [6.07, 6.45) is 0.776. The van der Waals surface area contributed by atoms with E-state index < -0.39 is 8.07 Å². The molecule has 0 aromatic heterocycles. The topological polar surface area (TPSA) is 73.6 Å². The van der Waals surface area contributed by atoms with Crippen LogP contribution >= 0.6 is 23.2 Å². The summed E-state index contributed by atoms with van der Waals surface area (Å²) in [5.74, 6) is -0.0900.